The summed E-state index contributed by atoms with van der Waals surface area (Å²) in [6.07, 6.45) is -0.305. The zero-order valence-electron chi connectivity index (χ0n) is 7.99. The first kappa shape index (κ1) is 9.93. The molecule has 0 aliphatic carbocycles. The average molecular weight is 178 g/mol. The van der Waals surface area contributed by atoms with Crippen molar-refractivity contribution in [2.75, 3.05) is 0 Å². The molecule has 0 aromatic heterocycles. The molecule has 1 unspecified atom stereocenters. The number of Topliss-reactive ketones (excluding diaryl/α,β-unsaturated/α-hetero) is 1. The summed E-state index contributed by atoms with van der Waals surface area (Å²) < 4.78 is 5.34. The van der Waals surface area contributed by atoms with E-state index >= 15 is 0 Å². The second kappa shape index (κ2) is 4.77. The molecule has 1 rings (SSSR count). The van der Waals surface area contributed by atoms with Gasteiger partial charge in [-0.3, -0.25) is 4.79 Å². The van der Waals surface area contributed by atoms with E-state index in [0.29, 0.717) is 6.61 Å². The van der Waals surface area contributed by atoms with Gasteiger partial charge in [-0.1, -0.05) is 30.3 Å². The number of hydrogen-bond acceptors (Lipinski definition) is 2. The Balaban J connectivity index is 2.39. The van der Waals surface area contributed by atoms with E-state index in [1.807, 2.05) is 30.3 Å². The van der Waals surface area contributed by atoms with Gasteiger partial charge < -0.3 is 4.74 Å². The Hall–Kier alpha value is -1.15. The number of rotatable bonds is 4. The van der Waals surface area contributed by atoms with Crippen LogP contribution in [0.3, 0.4) is 0 Å². The number of benzene rings is 1. The number of hydrogen-bond donors (Lipinski definition) is 0. The molecule has 0 saturated carbocycles. The number of ketones is 1. The Bertz CT molecular complexity index is 267. The molecular formula is C11H14O2. The summed E-state index contributed by atoms with van der Waals surface area (Å²) in [5.74, 6) is 0.0657. The zero-order chi connectivity index (χ0) is 9.68. The largest absolute Gasteiger partial charge is 0.366 e. The van der Waals surface area contributed by atoms with E-state index in [2.05, 4.69) is 0 Å². The number of ether oxygens (including phenoxy) is 1. The van der Waals surface area contributed by atoms with E-state index < -0.39 is 0 Å². The van der Waals surface area contributed by atoms with E-state index in [1.165, 1.54) is 6.92 Å². The van der Waals surface area contributed by atoms with Crippen LogP contribution in [0.2, 0.25) is 0 Å². The topological polar surface area (TPSA) is 26.3 Å². The lowest BCUT2D eigenvalue weighted by Gasteiger charge is -2.08. The van der Waals surface area contributed by atoms with Crippen molar-refractivity contribution >= 4 is 5.78 Å². The molecule has 0 spiro atoms. The Morgan fingerprint density at radius 3 is 2.54 bits per heavy atom. The van der Waals surface area contributed by atoms with Crippen molar-refractivity contribution in [3.05, 3.63) is 35.9 Å². The SMILES string of the molecule is CC(=O)C(C)OCc1ccccc1. The Morgan fingerprint density at radius 2 is 2.00 bits per heavy atom. The molecule has 1 aromatic rings. The first-order chi connectivity index (χ1) is 6.20. The van der Waals surface area contributed by atoms with Gasteiger partial charge >= 0.3 is 0 Å². The van der Waals surface area contributed by atoms with E-state index in [4.69, 9.17) is 4.74 Å². The van der Waals surface area contributed by atoms with Crippen molar-refractivity contribution in [2.24, 2.45) is 0 Å². The van der Waals surface area contributed by atoms with Crippen LogP contribution < -0.4 is 0 Å². The molecule has 0 aliphatic heterocycles. The summed E-state index contributed by atoms with van der Waals surface area (Å²) in [7, 11) is 0. The molecule has 0 N–H and O–H groups in total. The first-order valence-corrected chi connectivity index (χ1v) is 4.36. The molecule has 13 heavy (non-hydrogen) atoms. The van der Waals surface area contributed by atoms with Gasteiger partial charge in [0.2, 0.25) is 0 Å². The zero-order valence-corrected chi connectivity index (χ0v) is 7.99. The monoisotopic (exact) mass is 178 g/mol. The summed E-state index contributed by atoms with van der Waals surface area (Å²) in [5.41, 5.74) is 1.09. The van der Waals surface area contributed by atoms with Gasteiger partial charge in [0.15, 0.2) is 5.78 Å². The molecule has 0 radical (unpaired) electrons. The molecule has 70 valence electrons. The van der Waals surface area contributed by atoms with Gasteiger partial charge in [0.25, 0.3) is 0 Å². The second-order valence-electron chi connectivity index (χ2n) is 3.05. The van der Waals surface area contributed by atoms with E-state index in [0.717, 1.165) is 5.56 Å². The molecule has 0 saturated heterocycles. The maximum absolute atomic E-state index is 10.8. The minimum atomic E-state index is -0.305. The van der Waals surface area contributed by atoms with E-state index in [1.54, 1.807) is 6.92 Å². The highest BCUT2D eigenvalue weighted by Gasteiger charge is 2.06. The van der Waals surface area contributed by atoms with Crippen LogP contribution in [0, 0.1) is 0 Å². The molecule has 0 aliphatic rings. The van der Waals surface area contributed by atoms with Crippen LogP contribution in [0.15, 0.2) is 30.3 Å². The minimum absolute atomic E-state index is 0.0657. The lowest BCUT2D eigenvalue weighted by Crippen LogP contribution is -2.17. The lowest BCUT2D eigenvalue weighted by molar-refractivity contribution is -0.127. The molecular weight excluding hydrogens is 164 g/mol. The predicted octanol–water partition coefficient (Wildman–Crippen LogP) is 2.18. The second-order valence-corrected chi connectivity index (χ2v) is 3.05. The Morgan fingerprint density at radius 1 is 1.38 bits per heavy atom. The fraction of sp³-hybridized carbons (Fsp3) is 0.364. The third kappa shape index (κ3) is 3.38. The summed E-state index contributed by atoms with van der Waals surface area (Å²) in [6.45, 7) is 3.81. The van der Waals surface area contributed by atoms with Gasteiger partial charge in [-0.2, -0.15) is 0 Å². The summed E-state index contributed by atoms with van der Waals surface area (Å²) in [6, 6.07) is 9.83. The fourth-order valence-corrected chi connectivity index (χ4v) is 0.913. The van der Waals surface area contributed by atoms with Crippen molar-refractivity contribution in [3.63, 3.8) is 0 Å². The van der Waals surface area contributed by atoms with Gasteiger partial charge in [0.05, 0.1) is 6.61 Å². The van der Waals surface area contributed by atoms with Crippen molar-refractivity contribution < 1.29 is 9.53 Å². The van der Waals surface area contributed by atoms with Gasteiger partial charge in [-0.15, -0.1) is 0 Å². The van der Waals surface area contributed by atoms with Gasteiger partial charge in [0, 0.05) is 0 Å². The highest BCUT2D eigenvalue weighted by atomic mass is 16.5. The molecule has 0 fully saturated rings. The van der Waals surface area contributed by atoms with E-state index in [-0.39, 0.29) is 11.9 Å². The number of carbonyl (C=O) groups excluding carboxylic acids is 1. The smallest absolute Gasteiger partial charge is 0.158 e. The fourth-order valence-electron chi connectivity index (χ4n) is 0.913. The third-order valence-electron chi connectivity index (χ3n) is 1.92. The lowest BCUT2D eigenvalue weighted by atomic mass is 10.2. The van der Waals surface area contributed by atoms with Crippen molar-refractivity contribution in [1.29, 1.82) is 0 Å². The van der Waals surface area contributed by atoms with Gasteiger partial charge in [-0.05, 0) is 19.4 Å². The summed E-state index contributed by atoms with van der Waals surface area (Å²) >= 11 is 0. The van der Waals surface area contributed by atoms with Gasteiger partial charge in [-0.25, -0.2) is 0 Å². The van der Waals surface area contributed by atoms with Crippen LogP contribution in [-0.2, 0) is 16.1 Å². The predicted molar refractivity (Wildman–Crippen MR) is 51.4 cm³/mol. The van der Waals surface area contributed by atoms with Crippen molar-refractivity contribution in [3.8, 4) is 0 Å². The van der Waals surface area contributed by atoms with Crippen LogP contribution >= 0.6 is 0 Å². The molecule has 1 atom stereocenters. The van der Waals surface area contributed by atoms with Crippen LogP contribution in [0.1, 0.15) is 19.4 Å². The molecule has 0 bridgehead atoms. The van der Waals surface area contributed by atoms with Gasteiger partial charge in [0.1, 0.15) is 6.10 Å². The molecule has 1 aromatic carbocycles. The average Bonchev–Trinajstić information content (AvgIpc) is 2.15. The van der Waals surface area contributed by atoms with Crippen molar-refractivity contribution in [2.45, 2.75) is 26.6 Å². The van der Waals surface area contributed by atoms with E-state index in [9.17, 15) is 4.79 Å². The molecule has 0 heterocycles. The maximum atomic E-state index is 10.8. The molecule has 2 nitrogen and oxygen atoms in total. The van der Waals surface area contributed by atoms with Crippen LogP contribution in [0.5, 0.6) is 0 Å². The molecule has 2 heteroatoms. The summed E-state index contributed by atoms with van der Waals surface area (Å²) in [4.78, 5) is 10.8. The number of carbonyl (C=O) groups is 1. The Labute approximate surface area is 78.5 Å². The quantitative estimate of drug-likeness (QED) is 0.706. The maximum Gasteiger partial charge on any atom is 0.158 e. The highest BCUT2D eigenvalue weighted by molar-refractivity contribution is 5.79. The highest BCUT2D eigenvalue weighted by Crippen LogP contribution is 2.03. The van der Waals surface area contributed by atoms with Crippen LogP contribution in [-0.4, -0.2) is 11.9 Å². The standard InChI is InChI=1S/C11H14O2/c1-9(12)10(2)13-8-11-6-4-3-5-7-11/h3-7,10H,8H2,1-2H3. The minimum Gasteiger partial charge on any atom is -0.366 e. The van der Waals surface area contributed by atoms with Crippen molar-refractivity contribution in [1.82, 2.24) is 0 Å². The van der Waals surface area contributed by atoms with Crippen LogP contribution in [0.25, 0.3) is 0 Å². The first-order valence-electron chi connectivity index (χ1n) is 4.36. The Kier molecular flexibility index (Phi) is 3.65. The normalized spacial score (nSPS) is 12.5. The molecule has 0 amide bonds. The van der Waals surface area contributed by atoms with Crippen LogP contribution in [0.4, 0.5) is 0 Å². The summed E-state index contributed by atoms with van der Waals surface area (Å²) in [5, 5.41) is 0. The third-order valence-corrected chi connectivity index (χ3v) is 1.92.